The molecule has 94 valence electrons. The zero-order valence-corrected chi connectivity index (χ0v) is 11.9. The third kappa shape index (κ3) is 6.03. The molecule has 1 saturated carbocycles. The minimum absolute atomic E-state index is 0.346. The lowest BCUT2D eigenvalue weighted by atomic mass is 9.90. The van der Waals surface area contributed by atoms with Gasteiger partial charge < -0.3 is 0 Å². The van der Waals surface area contributed by atoms with Crippen molar-refractivity contribution in [3.63, 3.8) is 0 Å². The maximum Gasteiger partial charge on any atom is 0.146 e. The molecule has 1 rings (SSSR count). The van der Waals surface area contributed by atoms with E-state index in [0.29, 0.717) is 17.0 Å². The van der Waals surface area contributed by atoms with Crippen molar-refractivity contribution in [2.45, 2.75) is 70.6 Å². The first kappa shape index (κ1) is 14.2. The number of rotatable bonds is 2. The fraction of sp³-hybridized carbons (Fsp3) is 0.929. The Bertz CT molecular complexity index is 179. The van der Waals surface area contributed by atoms with E-state index in [-0.39, 0.29) is 0 Å². The largest absolute Gasteiger partial charge is 0.298 e. The molecule has 1 aliphatic rings. The lowest BCUT2D eigenvalue weighted by Gasteiger charge is -2.15. The highest BCUT2D eigenvalue weighted by Gasteiger charge is 2.16. The summed E-state index contributed by atoms with van der Waals surface area (Å²) in [6.07, 6.45) is 14.4. The zero-order chi connectivity index (χ0) is 11.6. The SMILES string of the molecule is O=C(CBr)C1CCCCCCCCCCC1. The molecule has 0 heterocycles. The molecular weight excluding hydrogens is 264 g/mol. The Morgan fingerprint density at radius 2 is 1.19 bits per heavy atom. The van der Waals surface area contributed by atoms with Gasteiger partial charge in [0, 0.05) is 5.92 Å². The van der Waals surface area contributed by atoms with E-state index in [1.54, 1.807) is 0 Å². The molecular formula is C14H25BrO. The van der Waals surface area contributed by atoms with E-state index in [0.717, 1.165) is 12.8 Å². The van der Waals surface area contributed by atoms with Crippen LogP contribution in [0.25, 0.3) is 0 Å². The molecule has 0 aliphatic heterocycles. The molecule has 0 atom stereocenters. The minimum atomic E-state index is 0.346. The molecule has 1 aliphatic carbocycles. The van der Waals surface area contributed by atoms with Crippen molar-refractivity contribution in [2.24, 2.45) is 5.92 Å². The molecule has 0 spiro atoms. The molecule has 0 aromatic rings. The van der Waals surface area contributed by atoms with Crippen molar-refractivity contribution in [1.29, 1.82) is 0 Å². The van der Waals surface area contributed by atoms with Gasteiger partial charge in [0.1, 0.15) is 5.78 Å². The molecule has 2 heteroatoms. The molecule has 0 amide bonds. The second-order valence-electron chi connectivity index (χ2n) is 5.06. The Morgan fingerprint density at radius 1 is 0.812 bits per heavy atom. The highest BCUT2D eigenvalue weighted by Crippen LogP contribution is 2.22. The summed E-state index contributed by atoms with van der Waals surface area (Å²) in [6, 6.07) is 0. The summed E-state index contributed by atoms with van der Waals surface area (Å²) in [4.78, 5) is 11.7. The first-order valence-electron chi connectivity index (χ1n) is 6.93. The van der Waals surface area contributed by atoms with Crippen LogP contribution in [0.5, 0.6) is 0 Å². The lowest BCUT2D eigenvalue weighted by Crippen LogP contribution is -2.16. The van der Waals surface area contributed by atoms with Gasteiger partial charge in [0.05, 0.1) is 5.33 Å². The van der Waals surface area contributed by atoms with Crippen LogP contribution in [0.2, 0.25) is 0 Å². The van der Waals surface area contributed by atoms with Crippen molar-refractivity contribution in [1.82, 2.24) is 0 Å². The molecule has 0 saturated heterocycles. The van der Waals surface area contributed by atoms with Crippen LogP contribution in [0.4, 0.5) is 0 Å². The van der Waals surface area contributed by atoms with Gasteiger partial charge in [0.2, 0.25) is 0 Å². The van der Waals surface area contributed by atoms with Crippen molar-refractivity contribution in [3.05, 3.63) is 0 Å². The van der Waals surface area contributed by atoms with Crippen LogP contribution >= 0.6 is 15.9 Å². The van der Waals surface area contributed by atoms with Crippen LogP contribution in [0.15, 0.2) is 0 Å². The molecule has 0 N–H and O–H groups in total. The first-order chi connectivity index (χ1) is 7.84. The van der Waals surface area contributed by atoms with Crippen LogP contribution in [0.3, 0.4) is 0 Å². The fourth-order valence-electron chi connectivity index (χ4n) is 2.59. The number of hydrogen-bond acceptors (Lipinski definition) is 1. The third-order valence-corrected chi connectivity index (χ3v) is 4.24. The number of Topliss-reactive ketones (excluding diaryl/α,β-unsaturated/α-hetero) is 1. The normalized spacial score (nSPS) is 22.1. The molecule has 0 radical (unpaired) electrons. The average molecular weight is 289 g/mol. The lowest BCUT2D eigenvalue weighted by molar-refractivity contribution is -0.120. The van der Waals surface area contributed by atoms with E-state index in [1.807, 2.05) is 0 Å². The summed E-state index contributed by atoms with van der Waals surface area (Å²) in [5, 5.41) is 0.553. The Balaban J connectivity index is 2.33. The fourth-order valence-corrected chi connectivity index (χ4v) is 3.05. The van der Waals surface area contributed by atoms with Gasteiger partial charge in [-0.2, -0.15) is 0 Å². The summed E-state index contributed by atoms with van der Waals surface area (Å²) in [5.74, 6) is 0.774. The van der Waals surface area contributed by atoms with Crippen LogP contribution in [-0.4, -0.2) is 11.1 Å². The van der Waals surface area contributed by atoms with Crippen molar-refractivity contribution >= 4 is 21.7 Å². The zero-order valence-electron chi connectivity index (χ0n) is 10.3. The van der Waals surface area contributed by atoms with Gasteiger partial charge in [0.25, 0.3) is 0 Å². The molecule has 1 nitrogen and oxygen atoms in total. The van der Waals surface area contributed by atoms with Crippen LogP contribution in [-0.2, 0) is 4.79 Å². The van der Waals surface area contributed by atoms with E-state index in [4.69, 9.17) is 0 Å². The van der Waals surface area contributed by atoms with Crippen molar-refractivity contribution in [2.75, 3.05) is 5.33 Å². The predicted molar refractivity (Wildman–Crippen MR) is 73.1 cm³/mol. The first-order valence-corrected chi connectivity index (χ1v) is 8.05. The van der Waals surface area contributed by atoms with Gasteiger partial charge in [-0.25, -0.2) is 0 Å². The number of carbonyl (C=O) groups excluding carboxylic acids is 1. The van der Waals surface area contributed by atoms with Crippen LogP contribution in [0, 0.1) is 5.92 Å². The summed E-state index contributed by atoms with van der Waals surface area (Å²) in [7, 11) is 0. The number of carbonyl (C=O) groups is 1. The maximum atomic E-state index is 11.7. The molecule has 0 aromatic carbocycles. The second-order valence-corrected chi connectivity index (χ2v) is 5.62. The van der Waals surface area contributed by atoms with Gasteiger partial charge in [-0.05, 0) is 12.8 Å². The van der Waals surface area contributed by atoms with Crippen LogP contribution in [0.1, 0.15) is 70.6 Å². The Labute approximate surface area is 109 Å². The molecule has 0 bridgehead atoms. The van der Waals surface area contributed by atoms with E-state index in [1.165, 1.54) is 57.8 Å². The topological polar surface area (TPSA) is 17.1 Å². The predicted octanol–water partition coefficient (Wildman–Crippen LogP) is 4.87. The minimum Gasteiger partial charge on any atom is -0.298 e. The second kappa shape index (κ2) is 9.21. The molecule has 1 fully saturated rings. The highest BCUT2D eigenvalue weighted by atomic mass is 79.9. The van der Waals surface area contributed by atoms with E-state index in [9.17, 15) is 4.79 Å². The van der Waals surface area contributed by atoms with Crippen molar-refractivity contribution < 1.29 is 4.79 Å². The quantitative estimate of drug-likeness (QED) is 0.663. The van der Waals surface area contributed by atoms with E-state index < -0.39 is 0 Å². The van der Waals surface area contributed by atoms with Gasteiger partial charge in [-0.1, -0.05) is 73.7 Å². The van der Waals surface area contributed by atoms with Gasteiger partial charge in [0.15, 0.2) is 0 Å². The number of halogens is 1. The number of ketones is 1. The summed E-state index contributed by atoms with van der Waals surface area (Å²) < 4.78 is 0. The number of alkyl halides is 1. The molecule has 16 heavy (non-hydrogen) atoms. The highest BCUT2D eigenvalue weighted by molar-refractivity contribution is 9.09. The Kier molecular flexibility index (Phi) is 8.18. The number of hydrogen-bond donors (Lipinski definition) is 0. The van der Waals surface area contributed by atoms with E-state index >= 15 is 0 Å². The van der Waals surface area contributed by atoms with Gasteiger partial charge >= 0.3 is 0 Å². The third-order valence-electron chi connectivity index (χ3n) is 3.69. The Morgan fingerprint density at radius 3 is 1.56 bits per heavy atom. The maximum absolute atomic E-state index is 11.7. The van der Waals surface area contributed by atoms with E-state index in [2.05, 4.69) is 15.9 Å². The summed E-state index contributed by atoms with van der Waals surface area (Å²) >= 11 is 3.31. The molecule has 0 unspecified atom stereocenters. The molecule has 0 aromatic heterocycles. The monoisotopic (exact) mass is 288 g/mol. The summed E-state index contributed by atoms with van der Waals surface area (Å²) in [6.45, 7) is 0. The smallest absolute Gasteiger partial charge is 0.146 e. The van der Waals surface area contributed by atoms with Crippen LogP contribution < -0.4 is 0 Å². The Hall–Kier alpha value is 0.150. The standard InChI is InChI=1S/C14H25BrO/c15-12-14(16)13-10-8-6-4-2-1-3-5-7-9-11-13/h13H,1-12H2. The average Bonchev–Trinajstić information content (AvgIpc) is 2.29. The van der Waals surface area contributed by atoms with Gasteiger partial charge in [-0.15, -0.1) is 0 Å². The van der Waals surface area contributed by atoms with Gasteiger partial charge in [-0.3, -0.25) is 4.79 Å². The van der Waals surface area contributed by atoms with Crippen molar-refractivity contribution in [3.8, 4) is 0 Å². The summed E-state index contributed by atoms with van der Waals surface area (Å²) in [5.41, 5.74) is 0.